The van der Waals surface area contributed by atoms with Crippen molar-refractivity contribution >= 4 is 12.0 Å². The van der Waals surface area contributed by atoms with E-state index in [1.54, 1.807) is 6.08 Å². The van der Waals surface area contributed by atoms with Crippen LogP contribution < -0.4 is 9.47 Å². The first kappa shape index (κ1) is 19.4. The number of esters is 1. The molecule has 4 nitrogen and oxygen atoms in total. The van der Waals surface area contributed by atoms with E-state index in [0.717, 1.165) is 55.6 Å². The van der Waals surface area contributed by atoms with Crippen LogP contribution in [0, 0.1) is 0 Å². The van der Waals surface area contributed by atoms with Crippen LogP contribution in [0.1, 0.15) is 64.4 Å². The molecular formula is C21H30O4. The summed E-state index contributed by atoms with van der Waals surface area (Å²) in [5.41, 5.74) is 0.796. The van der Waals surface area contributed by atoms with Crippen molar-refractivity contribution in [2.75, 3.05) is 13.2 Å². The first-order valence-corrected chi connectivity index (χ1v) is 9.51. The topological polar surface area (TPSA) is 44.8 Å². The van der Waals surface area contributed by atoms with Crippen LogP contribution in [0.4, 0.5) is 0 Å². The zero-order valence-electron chi connectivity index (χ0n) is 15.5. The molecule has 0 amide bonds. The summed E-state index contributed by atoms with van der Waals surface area (Å²) < 4.78 is 17.2. The highest BCUT2D eigenvalue weighted by molar-refractivity contribution is 5.88. The van der Waals surface area contributed by atoms with Gasteiger partial charge < -0.3 is 14.2 Å². The Morgan fingerprint density at radius 3 is 2.20 bits per heavy atom. The van der Waals surface area contributed by atoms with Crippen LogP contribution in [0.25, 0.3) is 6.08 Å². The number of hydrogen-bond acceptors (Lipinski definition) is 4. The van der Waals surface area contributed by atoms with Gasteiger partial charge in [-0.3, -0.25) is 0 Å². The van der Waals surface area contributed by atoms with Crippen LogP contribution >= 0.6 is 0 Å². The molecule has 0 N–H and O–H groups in total. The number of rotatable bonds is 9. The Morgan fingerprint density at radius 2 is 1.64 bits per heavy atom. The van der Waals surface area contributed by atoms with Gasteiger partial charge in [0.15, 0.2) is 0 Å². The van der Waals surface area contributed by atoms with Crippen LogP contribution in [0.3, 0.4) is 0 Å². The zero-order chi connectivity index (χ0) is 17.9. The van der Waals surface area contributed by atoms with Crippen molar-refractivity contribution in [1.29, 1.82) is 0 Å². The van der Waals surface area contributed by atoms with Gasteiger partial charge >= 0.3 is 5.97 Å². The van der Waals surface area contributed by atoms with Gasteiger partial charge in [0.2, 0.25) is 0 Å². The molecule has 0 aromatic heterocycles. The fourth-order valence-corrected chi connectivity index (χ4v) is 2.90. The largest absolute Gasteiger partial charge is 0.493 e. The number of benzene rings is 1. The molecule has 25 heavy (non-hydrogen) atoms. The Hall–Kier alpha value is -1.97. The van der Waals surface area contributed by atoms with E-state index in [1.807, 2.05) is 18.2 Å². The lowest BCUT2D eigenvalue weighted by Crippen LogP contribution is -2.19. The normalized spacial score (nSPS) is 15.3. The van der Waals surface area contributed by atoms with Crippen molar-refractivity contribution in [3.05, 3.63) is 29.8 Å². The maximum absolute atomic E-state index is 12.1. The molecule has 1 aliphatic rings. The monoisotopic (exact) mass is 346 g/mol. The second kappa shape index (κ2) is 10.8. The summed E-state index contributed by atoms with van der Waals surface area (Å²) in [6, 6.07) is 5.72. The minimum absolute atomic E-state index is 0.0632. The molecular weight excluding hydrogens is 316 g/mol. The second-order valence-electron chi connectivity index (χ2n) is 6.40. The lowest BCUT2D eigenvalue weighted by atomic mass is 9.98. The van der Waals surface area contributed by atoms with E-state index in [1.165, 1.54) is 12.5 Å². The highest BCUT2D eigenvalue weighted by Crippen LogP contribution is 2.30. The lowest BCUT2D eigenvalue weighted by Gasteiger charge is -2.21. The highest BCUT2D eigenvalue weighted by Gasteiger charge is 2.16. The number of carbonyl (C=O) groups is 1. The molecule has 4 heteroatoms. The van der Waals surface area contributed by atoms with Crippen LogP contribution in [0.15, 0.2) is 24.3 Å². The van der Waals surface area contributed by atoms with Crippen LogP contribution in [-0.4, -0.2) is 25.3 Å². The van der Waals surface area contributed by atoms with E-state index < -0.39 is 0 Å². The Labute approximate surface area is 151 Å². The Balaban J connectivity index is 2.09. The molecule has 1 fully saturated rings. The van der Waals surface area contributed by atoms with E-state index in [-0.39, 0.29) is 12.1 Å². The Morgan fingerprint density at radius 1 is 1.04 bits per heavy atom. The number of carbonyl (C=O) groups excluding carboxylic acids is 1. The molecule has 0 spiro atoms. The quantitative estimate of drug-likeness (QED) is 0.458. The van der Waals surface area contributed by atoms with Gasteiger partial charge in [0.25, 0.3) is 0 Å². The number of ether oxygens (including phenoxy) is 3. The van der Waals surface area contributed by atoms with Crippen molar-refractivity contribution in [3.63, 3.8) is 0 Å². The molecule has 0 aliphatic heterocycles. The van der Waals surface area contributed by atoms with Gasteiger partial charge in [-0.15, -0.1) is 0 Å². The van der Waals surface area contributed by atoms with Crippen molar-refractivity contribution in [1.82, 2.24) is 0 Å². The van der Waals surface area contributed by atoms with E-state index in [4.69, 9.17) is 14.2 Å². The van der Waals surface area contributed by atoms with Crippen molar-refractivity contribution in [2.24, 2.45) is 0 Å². The predicted molar refractivity (Wildman–Crippen MR) is 100 cm³/mol. The van der Waals surface area contributed by atoms with Gasteiger partial charge in [-0.1, -0.05) is 26.3 Å². The summed E-state index contributed by atoms with van der Waals surface area (Å²) in [6.45, 7) is 5.39. The van der Waals surface area contributed by atoms with E-state index >= 15 is 0 Å². The van der Waals surface area contributed by atoms with Gasteiger partial charge in [-0.25, -0.2) is 4.79 Å². The van der Waals surface area contributed by atoms with Gasteiger partial charge in [0, 0.05) is 6.08 Å². The minimum atomic E-state index is -0.293. The first-order chi connectivity index (χ1) is 12.2. The fourth-order valence-electron chi connectivity index (χ4n) is 2.90. The maximum atomic E-state index is 12.1. The molecule has 0 unspecified atom stereocenters. The SMILES string of the molecule is CCCOc1cccc(OCCC)c1C=CC(=O)OC1CCCCC1. The highest BCUT2D eigenvalue weighted by atomic mass is 16.5. The molecule has 0 radical (unpaired) electrons. The Kier molecular flexibility index (Phi) is 8.36. The molecule has 0 bridgehead atoms. The third-order valence-corrected chi connectivity index (χ3v) is 4.17. The summed E-state index contributed by atoms with van der Waals surface area (Å²) in [4.78, 5) is 12.1. The third-order valence-electron chi connectivity index (χ3n) is 4.17. The van der Waals surface area contributed by atoms with E-state index in [0.29, 0.717) is 13.2 Å². The number of hydrogen-bond donors (Lipinski definition) is 0. The minimum Gasteiger partial charge on any atom is -0.493 e. The smallest absolute Gasteiger partial charge is 0.331 e. The van der Waals surface area contributed by atoms with Crippen LogP contribution in [0.2, 0.25) is 0 Å². The van der Waals surface area contributed by atoms with Crippen LogP contribution in [0.5, 0.6) is 11.5 Å². The molecule has 0 atom stereocenters. The summed E-state index contributed by atoms with van der Waals surface area (Å²) in [7, 11) is 0. The van der Waals surface area contributed by atoms with Crippen LogP contribution in [-0.2, 0) is 9.53 Å². The third kappa shape index (κ3) is 6.45. The van der Waals surface area contributed by atoms with Crippen molar-refractivity contribution in [3.8, 4) is 11.5 Å². The molecule has 0 heterocycles. The molecule has 1 aromatic rings. The maximum Gasteiger partial charge on any atom is 0.331 e. The zero-order valence-corrected chi connectivity index (χ0v) is 15.5. The van der Waals surface area contributed by atoms with E-state index in [2.05, 4.69) is 13.8 Å². The van der Waals surface area contributed by atoms with Gasteiger partial charge in [-0.2, -0.15) is 0 Å². The molecule has 2 rings (SSSR count). The lowest BCUT2D eigenvalue weighted by molar-refractivity contribution is -0.144. The average molecular weight is 346 g/mol. The van der Waals surface area contributed by atoms with Crippen molar-refractivity contribution in [2.45, 2.75) is 64.9 Å². The second-order valence-corrected chi connectivity index (χ2v) is 6.40. The predicted octanol–water partition coefficient (Wildman–Crippen LogP) is 5.15. The Bertz CT molecular complexity index is 533. The van der Waals surface area contributed by atoms with Gasteiger partial charge in [-0.05, 0) is 56.7 Å². The molecule has 1 saturated carbocycles. The first-order valence-electron chi connectivity index (χ1n) is 9.51. The summed E-state index contributed by atoms with van der Waals surface area (Å²) >= 11 is 0. The molecule has 1 aromatic carbocycles. The summed E-state index contributed by atoms with van der Waals surface area (Å²) in [5.74, 6) is 1.17. The summed E-state index contributed by atoms with van der Waals surface area (Å²) in [6.07, 6.45) is 10.6. The average Bonchev–Trinajstić information content (AvgIpc) is 2.64. The molecule has 1 aliphatic carbocycles. The van der Waals surface area contributed by atoms with Gasteiger partial charge in [0.05, 0.1) is 18.8 Å². The molecule has 138 valence electrons. The van der Waals surface area contributed by atoms with Crippen molar-refractivity contribution < 1.29 is 19.0 Å². The van der Waals surface area contributed by atoms with E-state index in [9.17, 15) is 4.79 Å². The van der Waals surface area contributed by atoms with Gasteiger partial charge in [0.1, 0.15) is 17.6 Å². The molecule has 0 saturated heterocycles. The summed E-state index contributed by atoms with van der Waals surface area (Å²) in [5, 5.41) is 0. The standard InChI is InChI=1S/C21H30O4/c1-3-15-23-19-11-8-12-20(24-16-4-2)18(19)13-14-21(22)25-17-9-6-5-7-10-17/h8,11-14,17H,3-7,9-10,15-16H2,1-2H3. The fraction of sp³-hybridized carbons (Fsp3) is 0.571.